The van der Waals surface area contributed by atoms with Crippen LogP contribution in [0.2, 0.25) is 5.02 Å². The first-order valence-electron chi connectivity index (χ1n) is 10.3. The van der Waals surface area contributed by atoms with Gasteiger partial charge in [0.05, 0.1) is 18.7 Å². The van der Waals surface area contributed by atoms with Gasteiger partial charge in [0.1, 0.15) is 5.82 Å². The molecule has 0 bridgehead atoms. The first-order chi connectivity index (χ1) is 14.6. The van der Waals surface area contributed by atoms with E-state index in [1.807, 2.05) is 25.1 Å². The molecule has 2 amide bonds. The number of amides is 2. The van der Waals surface area contributed by atoms with Gasteiger partial charge in [0.2, 0.25) is 0 Å². The molecule has 8 heteroatoms. The molecule has 0 spiro atoms. The second-order valence-electron chi connectivity index (χ2n) is 7.15. The number of nitrogens with zero attached hydrogens (tertiary/aromatic N) is 2. The monoisotopic (exact) mass is 432 g/mol. The van der Waals surface area contributed by atoms with E-state index < -0.39 is 0 Å². The fourth-order valence-corrected chi connectivity index (χ4v) is 3.74. The highest BCUT2D eigenvalue weighted by atomic mass is 35.5. The van der Waals surface area contributed by atoms with Gasteiger partial charge in [-0.05, 0) is 61.6 Å². The van der Waals surface area contributed by atoms with Crippen LogP contribution in [0.25, 0.3) is 0 Å². The number of anilines is 1. The van der Waals surface area contributed by atoms with E-state index in [0.29, 0.717) is 36.2 Å². The van der Waals surface area contributed by atoms with E-state index in [1.165, 1.54) is 19.3 Å². The number of halogens is 1. The van der Waals surface area contributed by atoms with E-state index in [0.717, 1.165) is 30.0 Å². The molecule has 0 aliphatic carbocycles. The number of nitrogens with one attached hydrogen (secondary N) is 2. The maximum absolute atomic E-state index is 12.2. The normalized spacial score (nSPS) is 13.6. The van der Waals surface area contributed by atoms with Crippen molar-refractivity contribution in [2.75, 3.05) is 31.7 Å². The Morgan fingerprint density at radius 1 is 1.13 bits per heavy atom. The highest BCUT2D eigenvalue weighted by Gasteiger charge is 2.14. The largest absolute Gasteiger partial charge is 0.493 e. The van der Waals surface area contributed by atoms with E-state index in [2.05, 4.69) is 20.5 Å². The van der Waals surface area contributed by atoms with E-state index in [4.69, 9.17) is 21.1 Å². The summed E-state index contributed by atoms with van der Waals surface area (Å²) in [5.74, 6) is 2.03. The lowest BCUT2D eigenvalue weighted by molar-refractivity contribution is 0.240. The lowest BCUT2D eigenvalue weighted by atomic mass is 10.1. The van der Waals surface area contributed by atoms with Gasteiger partial charge in [-0.25, -0.2) is 9.78 Å². The van der Waals surface area contributed by atoms with E-state index in [9.17, 15) is 4.79 Å². The van der Waals surface area contributed by atoms with E-state index >= 15 is 0 Å². The van der Waals surface area contributed by atoms with Gasteiger partial charge < -0.3 is 25.0 Å². The number of piperidine rings is 1. The van der Waals surface area contributed by atoms with Gasteiger partial charge in [-0.15, -0.1) is 0 Å². The van der Waals surface area contributed by atoms with Crippen molar-refractivity contribution in [1.82, 2.24) is 15.6 Å². The zero-order valence-electron chi connectivity index (χ0n) is 17.5. The zero-order chi connectivity index (χ0) is 21.3. The van der Waals surface area contributed by atoms with Crippen molar-refractivity contribution in [3.05, 3.63) is 46.6 Å². The van der Waals surface area contributed by atoms with Crippen molar-refractivity contribution in [1.29, 1.82) is 0 Å². The van der Waals surface area contributed by atoms with Crippen LogP contribution in [0, 0.1) is 0 Å². The Balaban J connectivity index is 1.52. The Bertz CT molecular complexity index is 856. The highest BCUT2D eigenvalue weighted by Crippen LogP contribution is 2.36. The molecule has 0 unspecified atom stereocenters. The minimum absolute atomic E-state index is 0.254. The first kappa shape index (κ1) is 22.0. The second kappa shape index (κ2) is 10.9. The van der Waals surface area contributed by atoms with Crippen molar-refractivity contribution in [2.24, 2.45) is 0 Å². The van der Waals surface area contributed by atoms with Gasteiger partial charge >= 0.3 is 6.03 Å². The van der Waals surface area contributed by atoms with Crippen LogP contribution < -0.4 is 25.0 Å². The average Bonchev–Trinajstić information content (AvgIpc) is 2.78. The summed E-state index contributed by atoms with van der Waals surface area (Å²) in [6, 6.07) is 7.29. The van der Waals surface area contributed by atoms with Gasteiger partial charge in [-0.1, -0.05) is 11.6 Å². The van der Waals surface area contributed by atoms with Crippen molar-refractivity contribution in [2.45, 2.75) is 39.3 Å². The third-order valence-electron chi connectivity index (χ3n) is 4.97. The molecule has 2 heterocycles. The number of pyridine rings is 1. The average molecular weight is 433 g/mol. The van der Waals surface area contributed by atoms with E-state index in [-0.39, 0.29) is 6.03 Å². The van der Waals surface area contributed by atoms with Crippen molar-refractivity contribution in [3.8, 4) is 11.5 Å². The van der Waals surface area contributed by atoms with Crippen LogP contribution in [0.15, 0.2) is 30.5 Å². The maximum Gasteiger partial charge on any atom is 0.315 e. The summed E-state index contributed by atoms with van der Waals surface area (Å²) in [7, 11) is 1.56. The van der Waals surface area contributed by atoms with Gasteiger partial charge in [0, 0.05) is 32.4 Å². The molecule has 3 rings (SSSR count). The lowest BCUT2D eigenvalue weighted by Crippen LogP contribution is -2.34. The molecule has 0 atom stereocenters. The molecule has 2 N–H and O–H groups in total. The Labute approximate surface area is 182 Å². The van der Waals surface area contributed by atoms with Gasteiger partial charge in [-0.2, -0.15) is 0 Å². The van der Waals surface area contributed by atoms with Crippen LogP contribution in [-0.2, 0) is 13.1 Å². The molecular formula is C22H29ClN4O3. The molecule has 1 aliphatic rings. The van der Waals surface area contributed by atoms with Crippen molar-refractivity contribution in [3.63, 3.8) is 0 Å². The Morgan fingerprint density at radius 2 is 1.87 bits per heavy atom. The minimum atomic E-state index is -0.254. The Morgan fingerprint density at radius 3 is 2.57 bits per heavy atom. The van der Waals surface area contributed by atoms with Crippen LogP contribution in [0.5, 0.6) is 11.5 Å². The number of aromatic nitrogens is 1. The third kappa shape index (κ3) is 5.92. The van der Waals surface area contributed by atoms with Crippen LogP contribution in [0.1, 0.15) is 37.3 Å². The number of carbonyl (C=O) groups excluding carboxylic acids is 1. The predicted molar refractivity (Wildman–Crippen MR) is 119 cm³/mol. The number of carbonyl (C=O) groups is 1. The molecule has 1 aromatic carbocycles. The van der Waals surface area contributed by atoms with Gasteiger partial charge in [0.25, 0.3) is 0 Å². The molecule has 7 nitrogen and oxygen atoms in total. The smallest absolute Gasteiger partial charge is 0.315 e. The SMILES string of the molecule is CCOc1c(Cl)cc(CNC(=O)NCc2ccnc(N3CCCCC3)c2)cc1OC. The quantitative estimate of drug-likeness (QED) is 0.655. The van der Waals surface area contributed by atoms with Crippen LogP contribution in [0.3, 0.4) is 0 Å². The number of benzene rings is 1. The van der Waals surface area contributed by atoms with Crippen LogP contribution in [0.4, 0.5) is 10.6 Å². The molecule has 1 aliphatic heterocycles. The standard InChI is InChI=1S/C22H29ClN4O3/c1-3-30-21-18(23)11-17(12-19(21)29-2)15-26-22(28)25-14-16-7-8-24-20(13-16)27-9-5-4-6-10-27/h7-8,11-13H,3-6,9-10,14-15H2,1-2H3,(H2,25,26,28). The molecular weight excluding hydrogens is 404 g/mol. The summed E-state index contributed by atoms with van der Waals surface area (Å²) < 4.78 is 10.9. The zero-order valence-corrected chi connectivity index (χ0v) is 18.3. The van der Waals surface area contributed by atoms with Crippen molar-refractivity contribution >= 4 is 23.4 Å². The number of rotatable bonds is 8. The summed E-state index contributed by atoms with van der Waals surface area (Å²) in [6.07, 6.45) is 5.48. The number of hydrogen-bond acceptors (Lipinski definition) is 5. The number of ether oxygens (including phenoxy) is 2. The predicted octanol–water partition coefficient (Wildman–Crippen LogP) is 4.13. The topological polar surface area (TPSA) is 75.7 Å². The number of urea groups is 1. The third-order valence-corrected chi connectivity index (χ3v) is 5.25. The molecule has 2 aromatic rings. The molecule has 1 saturated heterocycles. The molecule has 1 aromatic heterocycles. The van der Waals surface area contributed by atoms with E-state index in [1.54, 1.807) is 19.4 Å². The van der Waals surface area contributed by atoms with Crippen molar-refractivity contribution < 1.29 is 14.3 Å². The summed E-state index contributed by atoms with van der Waals surface area (Å²) in [5, 5.41) is 6.19. The second-order valence-corrected chi connectivity index (χ2v) is 7.56. The lowest BCUT2D eigenvalue weighted by Gasteiger charge is -2.27. The molecule has 30 heavy (non-hydrogen) atoms. The van der Waals surface area contributed by atoms with Crippen LogP contribution in [-0.4, -0.2) is 37.8 Å². The molecule has 0 saturated carbocycles. The van der Waals surface area contributed by atoms with Gasteiger partial charge in [-0.3, -0.25) is 0 Å². The molecule has 1 fully saturated rings. The summed E-state index contributed by atoms with van der Waals surface area (Å²) in [4.78, 5) is 19.0. The number of methoxy groups -OCH3 is 1. The molecule has 0 radical (unpaired) electrons. The van der Waals surface area contributed by atoms with Crippen LogP contribution >= 0.6 is 11.6 Å². The summed E-state index contributed by atoms with van der Waals surface area (Å²) in [5.41, 5.74) is 1.85. The Hall–Kier alpha value is -2.67. The summed E-state index contributed by atoms with van der Waals surface area (Å²) in [6.45, 7) is 5.21. The highest BCUT2D eigenvalue weighted by molar-refractivity contribution is 6.32. The fraction of sp³-hybridized carbons (Fsp3) is 0.455. The summed E-state index contributed by atoms with van der Waals surface area (Å²) >= 11 is 6.28. The van der Waals surface area contributed by atoms with Gasteiger partial charge in [0.15, 0.2) is 11.5 Å². The number of hydrogen-bond donors (Lipinski definition) is 2. The first-order valence-corrected chi connectivity index (χ1v) is 10.7. The molecule has 162 valence electrons. The fourth-order valence-electron chi connectivity index (χ4n) is 3.45. The maximum atomic E-state index is 12.2. The Kier molecular flexibility index (Phi) is 8.02. The minimum Gasteiger partial charge on any atom is -0.493 e.